The van der Waals surface area contributed by atoms with Crippen LogP contribution in [-0.4, -0.2) is 16.1 Å². The molecule has 70 valence electrons. The number of rotatable bonds is 3. The molecule has 2 rings (SSSR count). The van der Waals surface area contributed by atoms with Crippen molar-refractivity contribution in [3.8, 4) is 0 Å². The molecule has 0 bridgehead atoms. The summed E-state index contributed by atoms with van der Waals surface area (Å²) in [6.45, 7) is 0. The molecule has 1 aromatic heterocycles. The third-order valence-corrected chi connectivity index (χ3v) is 2.96. The van der Waals surface area contributed by atoms with Crippen molar-refractivity contribution in [1.82, 2.24) is 4.98 Å². The zero-order valence-corrected chi connectivity index (χ0v) is 7.42. The number of carboxylic acid groups (broad SMARTS) is 1. The summed E-state index contributed by atoms with van der Waals surface area (Å²) < 4.78 is 0. The molecule has 0 atom stereocenters. The zero-order chi connectivity index (χ0) is 9.31. The van der Waals surface area contributed by atoms with Gasteiger partial charge in [-0.3, -0.25) is 4.79 Å². The van der Waals surface area contributed by atoms with Gasteiger partial charge in [-0.2, -0.15) is 0 Å². The Kier molecular flexibility index (Phi) is 1.87. The molecular weight excluding hydrogens is 166 g/mol. The number of aromatic nitrogens is 1. The summed E-state index contributed by atoms with van der Waals surface area (Å²) in [4.78, 5) is 14.1. The van der Waals surface area contributed by atoms with Crippen LogP contribution in [0.5, 0.6) is 0 Å². The number of nitrogens with one attached hydrogen (secondary N) is 1. The molecule has 0 aliphatic heterocycles. The average Bonchev–Trinajstić information content (AvgIpc) is 2.47. The molecule has 1 aromatic rings. The quantitative estimate of drug-likeness (QED) is 0.743. The highest BCUT2D eigenvalue weighted by atomic mass is 16.4. The van der Waals surface area contributed by atoms with Crippen molar-refractivity contribution in [3.63, 3.8) is 0 Å². The maximum absolute atomic E-state index is 11.0. The van der Waals surface area contributed by atoms with Crippen LogP contribution in [0.3, 0.4) is 0 Å². The summed E-state index contributed by atoms with van der Waals surface area (Å²) in [6.07, 6.45) is 5.18. The van der Waals surface area contributed by atoms with Crippen LogP contribution in [0.15, 0.2) is 18.3 Å². The monoisotopic (exact) mass is 179 g/mol. The first kappa shape index (κ1) is 8.35. The Morgan fingerprint density at radius 2 is 2.38 bits per heavy atom. The molecular formula is C10H13NO2. The fraction of sp³-hybridized carbons (Fsp3) is 0.500. The highest BCUT2D eigenvalue weighted by Gasteiger charge is 2.44. The fourth-order valence-electron chi connectivity index (χ4n) is 1.91. The predicted molar refractivity (Wildman–Crippen MR) is 48.4 cm³/mol. The van der Waals surface area contributed by atoms with Crippen molar-refractivity contribution in [1.29, 1.82) is 0 Å². The number of aliphatic carboxylic acids is 1. The number of hydrogen-bond donors (Lipinski definition) is 2. The highest BCUT2D eigenvalue weighted by molar-refractivity contribution is 5.76. The first-order valence-corrected chi connectivity index (χ1v) is 4.59. The van der Waals surface area contributed by atoms with Gasteiger partial charge in [-0.15, -0.1) is 0 Å². The minimum Gasteiger partial charge on any atom is -0.481 e. The van der Waals surface area contributed by atoms with Crippen LogP contribution in [0.25, 0.3) is 0 Å². The van der Waals surface area contributed by atoms with Gasteiger partial charge in [0.1, 0.15) is 0 Å². The second kappa shape index (κ2) is 2.91. The molecule has 1 saturated carbocycles. The summed E-state index contributed by atoms with van der Waals surface area (Å²) >= 11 is 0. The van der Waals surface area contributed by atoms with Crippen LogP contribution >= 0.6 is 0 Å². The minimum absolute atomic E-state index is 0.467. The molecule has 0 saturated heterocycles. The summed E-state index contributed by atoms with van der Waals surface area (Å²) in [5, 5.41) is 9.07. The fourth-order valence-corrected chi connectivity index (χ4v) is 1.91. The van der Waals surface area contributed by atoms with E-state index in [1.165, 1.54) is 0 Å². The van der Waals surface area contributed by atoms with Crippen LogP contribution in [-0.2, 0) is 11.2 Å². The third kappa shape index (κ3) is 1.34. The van der Waals surface area contributed by atoms with Gasteiger partial charge in [0, 0.05) is 18.3 Å². The molecule has 13 heavy (non-hydrogen) atoms. The molecule has 0 amide bonds. The molecule has 3 nitrogen and oxygen atoms in total. The standard InChI is InChI=1S/C10H13NO2/c12-9(13)10(4-2-5-10)7-8-3-1-6-11-8/h1,3,6,11H,2,4-5,7H2,(H,12,13). The van der Waals surface area contributed by atoms with E-state index in [4.69, 9.17) is 5.11 Å². The third-order valence-electron chi connectivity index (χ3n) is 2.96. The molecule has 2 N–H and O–H groups in total. The van der Waals surface area contributed by atoms with Gasteiger partial charge in [0.25, 0.3) is 0 Å². The van der Waals surface area contributed by atoms with E-state index in [9.17, 15) is 4.79 Å². The Morgan fingerprint density at radius 3 is 2.77 bits per heavy atom. The summed E-state index contributed by atoms with van der Waals surface area (Å²) in [7, 11) is 0. The molecule has 0 unspecified atom stereocenters. The Balaban J connectivity index is 2.11. The van der Waals surface area contributed by atoms with Gasteiger partial charge in [-0.1, -0.05) is 6.42 Å². The SMILES string of the molecule is O=C(O)C1(Cc2ccc[nH]2)CCC1. The molecule has 1 fully saturated rings. The zero-order valence-electron chi connectivity index (χ0n) is 7.42. The second-order valence-corrected chi connectivity index (χ2v) is 3.81. The maximum Gasteiger partial charge on any atom is 0.310 e. The first-order valence-electron chi connectivity index (χ1n) is 4.59. The molecule has 3 heteroatoms. The van der Waals surface area contributed by atoms with Crippen molar-refractivity contribution < 1.29 is 9.90 Å². The number of hydrogen-bond acceptors (Lipinski definition) is 1. The van der Waals surface area contributed by atoms with Gasteiger partial charge in [0.15, 0.2) is 0 Å². The Hall–Kier alpha value is -1.25. The number of carbonyl (C=O) groups is 1. The van der Waals surface area contributed by atoms with E-state index in [1.54, 1.807) is 0 Å². The Labute approximate surface area is 76.8 Å². The molecule has 1 aliphatic rings. The average molecular weight is 179 g/mol. The lowest BCUT2D eigenvalue weighted by Crippen LogP contribution is -2.39. The van der Waals surface area contributed by atoms with E-state index in [0.717, 1.165) is 25.0 Å². The lowest BCUT2D eigenvalue weighted by molar-refractivity contribution is -0.154. The molecule has 0 spiro atoms. The van der Waals surface area contributed by atoms with Gasteiger partial charge in [-0.25, -0.2) is 0 Å². The van der Waals surface area contributed by atoms with Crippen molar-refractivity contribution in [2.75, 3.05) is 0 Å². The van der Waals surface area contributed by atoms with E-state index in [2.05, 4.69) is 4.98 Å². The molecule has 0 radical (unpaired) electrons. The summed E-state index contributed by atoms with van der Waals surface area (Å²) in [5.74, 6) is -0.645. The van der Waals surface area contributed by atoms with Crippen molar-refractivity contribution >= 4 is 5.97 Å². The van der Waals surface area contributed by atoms with Crippen LogP contribution < -0.4 is 0 Å². The topological polar surface area (TPSA) is 53.1 Å². The van der Waals surface area contributed by atoms with Gasteiger partial charge >= 0.3 is 5.97 Å². The smallest absolute Gasteiger partial charge is 0.310 e. The second-order valence-electron chi connectivity index (χ2n) is 3.81. The lowest BCUT2D eigenvalue weighted by Gasteiger charge is -2.37. The van der Waals surface area contributed by atoms with Crippen molar-refractivity contribution in [2.24, 2.45) is 5.41 Å². The number of H-pyrrole nitrogens is 1. The maximum atomic E-state index is 11.0. The van der Waals surface area contributed by atoms with E-state index >= 15 is 0 Å². The number of carboxylic acids is 1. The first-order chi connectivity index (χ1) is 6.23. The minimum atomic E-state index is -0.645. The van der Waals surface area contributed by atoms with Gasteiger partial charge in [0.2, 0.25) is 0 Å². The van der Waals surface area contributed by atoms with E-state index in [0.29, 0.717) is 6.42 Å². The van der Waals surface area contributed by atoms with Crippen LogP contribution in [0.4, 0.5) is 0 Å². The van der Waals surface area contributed by atoms with E-state index in [1.807, 2.05) is 18.3 Å². The lowest BCUT2D eigenvalue weighted by atomic mass is 9.66. The number of aromatic amines is 1. The Bertz CT molecular complexity index is 299. The van der Waals surface area contributed by atoms with E-state index < -0.39 is 11.4 Å². The predicted octanol–water partition coefficient (Wildman–Crippen LogP) is 1.81. The van der Waals surface area contributed by atoms with Crippen LogP contribution in [0, 0.1) is 5.41 Å². The molecule has 1 heterocycles. The van der Waals surface area contributed by atoms with Gasteiger partial charge < -0.3 is 10.1 Å². The van der Waals surface area contributed by atoms with Crippen LogP contribution in [0.1, 0.15) is 25.0 Å². The van der Waals surface area contributed by atoms with Gasteiger partial charge in [0.05, 0.1) is 5.41 Å². The Morgan fingerprint density at radius 1 is 1.62 bits per heavy atom. The van der Waals surface area contributed by atoms with Crippen molar-refractivity contribution in [3.05, 3.63) is 24.0 Å². The van der Waals surface area contributed by atoms with Crippen LogP contribution in [0.2, 0.25) is 0 Å². The molecule has 0 aromatic carbocycles. The summed E-state index contributed by atoms with van der Waals surface area (Å²) in [6, 6.07) is 3.85. The summed E-state index contributed by atoms with van der Waals surface area (Å²) in [5.41, 5.74) is 0.562. The molecule has 1 aliphatic carbocycles. The van der Waals surface area contributed by atoms with E-state index in [-0.39, 0.29) is 0 Å². The highest BCUT2D eigenvalue weighted by Crippen LogP contribution is 2.43. The van der Waals surface area contributed by atoms with Crippen molar-refractivity contribution in [2.45, 2.75) is 25.7 Å². The normalized spacial score (nSPS) is 19.4. The largest absolute Gasteiger partial charge is 0.481 e. The van der Waals surface area contributed by atoms with Gasteiger partial charge in [-0.05, 0) is 25.0 Å².